The van der Waals surface area contributed by atoms with E-state index in [-0.39, 0.29) is 5.82 Å². The summed E-state index contributed by atoms with van der Waals surface area (Å²) in [5.74, 6) is -0.208. The maximum atomic E-state index is 13.3. The van der Waals surface area contributed by atoms with Crippen LogP contribution < -0.4 is 0 Å². The first-order valence-electron chi connectivity index (χ1n) is 11.7. The van der Waals surface area contributed by atoms with Crippen LogP contribution in [-0.2, 0) is 19.3 Å². The monoisotopic (exact) mass is 449 g/mol. The van der Waals surface area contributed by atoms with Crippen molar-refractivity contribution in [3.05, 3.63) is 112 Å². The van der Waals surface area contributed by atoms with Crippen LogP contribution in [-0.4, -0.2) is 17.2 Å². The van der Waals surface area contributed by atoms with Crippen molar-refractivity contribution in [3.63, 3.8) is 0 Å². The third kappa shape index (κ3) is 4.89. The molecule has 170 valence electrons. The van der Waals surface area contributed by atoms with Crippen LogP contribution in [0, 0.1) is 24.1 Å². The summed E-state index contributed by atoms with van der Waals surface area (Å²) in [5, 5.41) is 10.3. The van der Waals surface area contributed by atoms with Crippen molar-refractivity contribution in [2.75, 3.05) is 6.54 Å². The predicted molar refractivity (Wildman–Crippen MR) is 137 cm³/mol. The number of nitrogens with zero attached hydrogens (tertiary/aromatic N) is 3. The smallest absolute Gasteiger partial charge is 0.123 e. The van der Waals surface area contributed by atoms with E-state index in [1.807, 2.05) is 49.5 Å². The van der Waals surface area contributed by atoms with Gasteiger partial charge in [0.1, 0.15) is 5.82 Å². The lowest BCUT2D eigenvalue weighted by Gasteiger charge is -2.16. The first-order chi connectivity index (χ1) is 16.5. The average Bonchev–Trinajstić information content (AvgIpc) is 2.87. The maximum Gasteiger partial charge on any atom is 0.123 e. The topological polar surface area (TPSA) is 49.0 Å². The second kappa shape index (κ2) is 10.4. The Labute approximate surface area is 200 Å². The molecule has 0 aliphatic carbocycles. The van der Waals surface area contributed by atoms with E-state index in [1.54, 1.807) is 0 Å². The molecule has 1 aromatic heterocycles. The molecule has 0 N–H and O–H groups in total. The van der Waals surface area contributed by atoms with Gasteiger partial charge in [0.15, 0.2) is 0 Å². The first-order valence-corrected chi connectivity index (χ1v) is 11.7. The lowest BCUT2D eigenvalue weighted by atomic mass is 9.90. The number of aliphatic imine (C=N–C) groups is 1. The quantitative estimate of drug-likeness (QED) is 0.293. The number of aromatic nitrogens is 1. The average molecular weight is 450 g/mol. The number of benzene rings is 3. The Balaban J connectivity index is 1.82. The van der Waals surface area contributed by atoms with E-state index in [9.17, 15) is 9.65 Å². The Morgan fingerprint density at radius 3 is 2.35 bits per heavy atom. The molecule has 0 fully saturated rings. The minimum atomic E-state index is -0.208. The van der Waals surface area contributed by atoms with Crippen molar-refractivity contribution in [2.45, 2.75) is 40.0 Å². The van der Waals surface area contributed by atoms with E-state index >= 15 is 0 Å². The molecule has 0 saturated heterocycles. The van der Waals surface area contributed by atoms with Gasteiger partial charge in [0.2, 0.25) is 0 Å². The van der Waals surface area contributed by atoms with Crippen molar-refractivity contribution < 1.29 is 4.39 Å². The molecule has 1 heterocycles. The first kappa shape index (κ1) is 23.3. The molecule has 0 saturated carbocycles. The zero-order valence-electron chi connectivity index (χ0n) is 19.9. The highest BCUT2D eigenvalue weighted by Gasteiger charge is 2.16. The molecule has 0 radical (unpaired) electrons. The van der Waals surface area contributed by atoms with Crippen molar-refractivity contribution in [1.29, 1.82) is 5.26 Å². The highest BCUT2D eigenvalue weighted by Crippen LogP contribution is 2.28. The van der Waals surface area contributed by atoms with Crippen LogP contribution >= 0.6 is 0 Å². The highest BCUT2D eigenvalue weighted by molar-refractivity contribution is 6.20. The molecule has 0 unspecified atom stereocenters. The van der Waals surface area contributed by atoms with Crippen LogP contribution in [0.25, 0.3) is 10.9 Å². The predicted octanol–water partition coefficient (Wildman–Crippen LogP) is 6.76. The van der Waals surface area contributed by atoms with Crippen molar-refractivity contribution >= 4 is 16.6 Å². The summed E-state index contributed by atoms with van der Waals surface area (Å²) in [6.07, 6.45) is 4.56. The number of nitriles is 1. The zero-order valence-corrected chi connectivity index (χ0v) is 19.9. The Morgan fingerprint density at radius 1 is 0.971 bits per heavy atom. The molecule has 4 heteroatoms. The summed E-state index contributed by atoms with van der Waals surface area (Å²) in [6.45, 7) is 6.93. The van der Waals surface area contributed by atoms with Crippen LogP contribution in [0.4, 0.5) is 4.39 Å². The Hall–Kier alpha value is -3.84. The second-order valence-electron chi connectivity index (χ2n) is 8.45. The third-order valence-electron chi connectivity index (χ3n) is 6.20. The van der Waals surface area contributed by atoms with Crippen LogP contribution in [0.3, 0.4) is 0 Å². The number of hydrogen-bond acceptors (Lipinski definition) is 3. The summed E-state index contributed by atoms with van der Waals surface area (Å²) in [5.41, 5.74) is 9.34. The number of aryl methyl sites for hydroxylation is 4. The molecule has 0 bridgehead atoms. The normalized spacial score (nSPS) is 11.6. The van der Waals surface area contributed by atoms with Gasteiger partial charge in [-0.15, -0.1) is 0 Å². The van der Waals surface area contributed by atoms with Gasteiger partial charge in [-0.25, -0.2) is 4.39 Å². The molecular weight excluding hydrogens is 421 g/mol. The van der Waals surface area contributed by atoms with Gasteiger partial charge in [0.25, 0.3) is 0 Å². The Morgan fingerprint density at radius 2 is 1.71 bits per heavy atom. The van der Waals surface area contributed by atoms with Gasteiger partial charge < -0.3 is 0 Å². The minimum Gasteiger partial charge on any atom is -0.284 e. The fourth-order valence-corrected chi connectivity index (χ4v) is 4.41. The van der Waals surface area contributed by atoms with E-state index in [2.05, 4.69) is 32.0 Å². The summed E-state index contributed by atoms with van der Waals surface area (Å²) < 4.78 is 13.3. The molecule has 0 amide bonds. The lowest BCUT2D eigenvalue weighted by Crippen LogP contribution is -2.09. The highest BCUT2D eigenvalue weighted by atomic mass is 19.1. The maximum absolute atomic E-state index is 13.3. The van der Waals surface area contributed by atoms with Gasteiger partial charge in [0.05, 0.1) is 22.9 Å². The van der Waals surface area contributed by atoms with Crippen molar-refractivity contribution in [3.8, 4) is 6.07 Å². The van der Waals surface area contributed by atoms with Gasteiger partial charge in [-0.05, 0) is 91.8 Å². The molecule has 0 aliphatic heterocycles. The van der Waals surface area contributed by atoms with E-state index in [0.29, 0.717) is 12.1 Å². The fraction of sp³-hybridized carbons (Fsp3) is 0.233. The second-order valence-corrected chi connectivity index (χ2v) is 8.45. The van der Waals surface area contributed by atoms with E-state index in [4.69, 9.17) is 9.98 Å². The number of pyridine rings is 1. The Kier molecular flexibility index (Phi) is 7.13. The lowest BCUT2D eigenvalue weighted by molar-refractivity contribution is 0.627. The van der Waals surface area contributed by atoms with E-state index in [0.717, 1.165) is 58.1 Å². The molecule has 4 rings (SSSR count). The standard InChI is InChI=1S/C30H28FN3/c1-4-23-17-28-27(16-25(23)13-6-21-9-14-26(31)15-10-21)29(20(3)19-34-28)30(33-5-2)24-11-7-22(18-32)8-12-24/h7-12,14-17,19H,4-6,13H2,1-3H3. The zero-order chi connectivity index (χ0) is 24.1. The largest absolute Gasteiger partial charge is 0.284 e. The van der Waals surface area contributed by atoms with Crippen molar-refractivity contribution in [1.82, 2.24) is 4.98 Å². The molecular formula is C30H28FN3. The summed E-state index contributed by atoms with van der Waals surface area (Å²) in [7, 11) is 0. The van der Waals surface area contributed by atoms with Gasteiger partial charge >= 0.3 is 0 Å². The molecule has 4 aromatic rings. The summed E-state index contributed by atoms with van der Waals surface area (Å²) in [4.78, 5) is 9.62. The number of rotatable bonds is 7. The number of fused-ring (bicyclic) bond motifs is 1. The molecule has 34 heavy (non-hydrogen) atoms. The summed E-state index contributed by atoms with van der Waals surface area (Å²) >= 11 is 0. The van der Waals surface area contributed by atoms with E-state index < -0.39 is 0 Å². The van der Waals surface area contributed by atoms with Crippen LogP contribution in [0.1, 0.15) is 52.8 Å². The molecule has 0 aliphatic rings. The van der Waals surface area contributed by atoms with Crippen LogP contribution in [0.15, 0.2) is 71.9 Å². The minimum absolute atomic E-state index is 0.208. The van der Waals surface area contributed by atoms with E-state index in [1.165, 1.54) is 23.3 Å². The number of hydrogen-bond donors (Lipinski definition) is 0. The van der Waals surface area contributed by atoms with Crippen molar-refractivity contribution in [2.24, 2.45) is 4.99 Å². The van der Waals surface area contributed by atoms with Gasteiger partial charge in [-0.1, -0.05) is 31.2 Å². The van der Waals surface area contributed by atoms with Gasteiger partial charge in [-0.3, -0.25) is 9.98 Å². The fourth-order valence-electron chi connectivity index (χ4n) is 4.41. The summed E-state index contributed by atoms with van der Waals surface area (Å²) in [6, 6.07) is 21.0. The van der Waals surface area contributed by atoms with Crippen LogP contribution in [0.5, 0.6) is 0 Å². The van der Waals surface area contributed by atoms with Gasteiger partial charge in [-0.2, -0.15) is 5.26 Å². The molecule has 3 aromatic carbocycles. The number of halogens is 1. The SMILES string of the molecule is CCN=C(c1ccc(C#N)cc1)c1c(C)cnc2cc(CC)c(CCc3ccc(F)cc3)cc12. The third-order valence-corrected chi connectivity index (χ3v) is 6.20. The Bertz CT molecular complexity index is 1380. The van der Waals surface area contributed by atoms with Crippen LogP contribution in [0.2, 0.25) is 0 Å². The molecule has 0 atom stereocenters. The molecule has 0 spiro atoms. The van der Waals surface area contributed by atoms with Gasteiger partial charge in [0, 0.05) is 29.3 Å². The molecule has 3 nitrogen and oxygen atoms in total.